The van der Waals surface area contributed by atoms with E-state index in [1.165, 1.54) is 54.1 Å². The number of methoxy groups -OCH3 is 1. The summed E-state index contributed by atoms with van der Waals surface area (Å²) in [4.78, 5) is 29.6. The van der Waals surface area contributed by atoms with Crippen molar-refractivity contribution in [3.63, 3.8) is 0 Å². The summed E-state index contributed by atoms with van der Waals surface area (Å²) in [5.74, 6) is -1.06. The van der Waals surface area contributed by atoms with Crippen molar-refractivity contribution in [2.75, 3.05) is 27.3 Å². The molecule has 1 saturated heterocycles. The molecule has 0 N–H and O–H groups in total. The molecule has 0 aliphatic carbocycles. The highest BCUT2D eigenvalue weighted by molar-refractivity contribution is 7.89. The Labute approximate surface area is 218 Å². The summed E-state index contributed by atoms with van der Waals surface area (Å²) in [7, 11) is -0.928. The topological polar surface area (TPSA) is 107 Å². The minimum Gasteiger partial charge on any atom is -0.468 e. The van der Waals surface area contributed by atoms with Crippen LogP contribution in [0.1, 0.15) is 28.8 Å². The number of nitrogens with zero attached hydrogens (tertiary/aromatic N) is 3. The van der Waals surface area contributed by atoms with Gasteiger partial charge in [0.1, 0.15) is 6.54 Å². The number of amides is 1. The SMILES string of the molecule is COC(=O)Cn1c(=NC(=O)c2ccc(S(=O)(=O)N(C)CC3CCCO3)cc2)sc2cc(Cl)cc(C)c21. The average Bonchev–Trinajstić information content (AvgIpc) is 3.46. The van der Waals surface area contributed by atoms with E-state index in [1.54, 1.807) is 16.7 Å². The number of fused-ring (bicyclic) bond motifs is 1. The standard InChI is InChI=1S/C24H26ClN3O6S2/c1-15-11-17(25)12-20-22(15)28(14-21(29)33-3)24(35-20)26-23(30)16-6-8-19(9-7-16)36(31,32)27(2)13-18-5-4-10-34-18/h6-9,11-12,18H,4-5,10,13-14H2,1-3H3. The molecular weight excluding hydrogens is 526 g/mol. The number of carbonyl (C=O) groups is 2. The van der Waals surface area contributed by atoms with E-state index in [2.05, 4.69) is 4.99 Å². The Morgan fingerprint density at radius 1 is 1.28 bits per heavy atom. The second-order valence-corrected chi connectivity index (χ2v) is 12.0. The Hall–Kier alpha value is -2.57. The summed E-state index contributed by atoms with van der Waals surface area (Å²) in [5, 5.41) is 0.533. The Kier molecular flexibility index (Phi) is 7.96. The summed E-state index contributed by atoms with van der Waals surface area (Å²) in [6.45, 7) is 2.65. The van der Waals surface area contributed by atoms with Crippen LogP contribution in [-0.4, -0.2) is 62.6 Å². The van der Waals surface area contributed by atoms with Crippen LogP contribution in [0.5, 0.6) is 0 Å². The van der Waals surface area contributed by atoms with E-state index in [9.17, 15) is 18.0 Å². The van der Waals surface area contributed by atoms with Crippen LogP contribution in [0.15, 0.2) is 46.3 Å². The van der Waals surface area contributed by atoms with Gasteiger partial charge in [-0.15, -0.1) is 0 Å². The zero-order chi connectivity index (χ0) is 26.0. The maximum absolute atomic E-state index is 13.0. The molecular formula is C24H26ClN3O6S2. The van der Waals surface area contributed by atoms with Crippen LogP contribution in [0.4, 0.5) is 0 Å². The minimum absolute atomic E-state index is 0.0763. The van der Waals surface area contributed by atoms with Crippen molar-refractivity contribution in [1.29, 1.82) is 0 Å². The van der Waals surface area contributed by atoms with Gasteiger partial charge in [0, 0.05) is 30.8 Å². The fourth-order valence-electron chi connectivity index (χ4n) is 4.08. The molecule has 1 aliphatic heterocycles. The molecule has 0 radical (unpaired) electrons. The van der Waals surface area contributed by atoms with Crippen molar-refractivity contribution in [2.45, 2.75) is 37.3 Å². The molecule has 9 nitrogen and oxygen atoms in total. The number of likely N-dealkylation sites (N-methyl/N-ethyl adjacent to an activating group) is 1. The molecule has 0 bridgehead atoms. The lowest BCUT2D eigenvalue weighted by molar-refractivity contribution is -0.141. The number of esters is 1. The van der Waals surface area contributed by atoms with E-state index < -0.39 is 21.9 Å². The molecule has 0 saturated carbocycles. The first kappa shape index (κ1) is 26.5. The summed E-state index contributed by atoms with van der Waals surface area (Å²) >= 11 is 7.41. The number of ether oxygens (including phenoxy) is 2. The van der Waals surface area contributed by atoms with Crippen LogP contribution >= 0.6 is 22.9 Å². The first-order valence-corrected chi connectivity index (χ1v) is 13.9. The number of halogens is 1. The van der Waals surface area contributed by atoms with Gasteiger partial charge in [-0.1, -0.05) is 22.9 Å². The Balaban J connectivity index is 1.64. The Morgan fingerprint density at radius 2 is 2.00 bits per heavy atom. The van der Waals surface area contributed by atoms with Gasteiger partial charge >= 0.3 is 5.97 Å². The third-order valence-electron chi connectivity index (χ3n) is 5.94. The number of aromatic nitrogens is 1. The molecule has 2 heterocycles. The van der Waals surface area contributed by atoms with Crippen molar-refractivity contribution < 1.29 is 27.5 Å². The van der Waals surface area contributed by atoms with E-state index in [1.807, 2.05) is 6.92 Å². The van der Waals surface area contributed by atoms with Crippen molar-refractivity contribution in [1.82, 2.24) is 8.87 Å². The first-order valence-electron chi connectivity index (χ1n) is 11.2. The Bertz CT molecular complexity index is 1470. The highest BCUT2D eigenvalue weighted by Gasteiger charge is 2.26. The van der Waals surface area contributed by atoms with E-state index in [0.29, 0.717) is 16.4 Å². The fraction of sp³-hybridized carbons (Fsp3) is 0.375. The van der Waals surface area contributed by atoms with Gasteiger partial charge in [-0.25, -0.2) is 8.42 Å². The third-order valence-corrected chi connectivity index (χ3v) is 9.02. The summed E-state index contributed by atoms with van der Waals surface area (Å²) in [6, 6.07) is 9.16. The van der Waals surface area contributed by atoms with Crippen LogP contribution in [0.2, 0.25) is 5.02 Å². The number of hydrogen-bond acceptors (Lipinski definition) is 7. The molecule has 1 aromatic heterocycles. The molecule has 3 aromatic rings. The van der Waals surface area contributed by atoms with Crippen LogP contribution in [0.25, 0.3) is 10.2 Å². The molecule has 2 aromatic carbocycles. The van der Waals surface area contributed by atoms with Gasteiger partial charge < -0.3 is 14.0 Å². The van der Waals surface area contributed by atoms with E-state index in [0.717, 1.165) is 28.6 Å². The average molecular weight is 552 g/mol. The third kappa shape index (κ3) is 5.55. The molecule has 1 atom stereocenters. The number of carbonyl (C=O) groups excluding carboxylic acids is 2. The number of hydrogen-bond donors (Lipinski definition) is 0. The first-order chi connectivity index (χ1) is 17.1. The molecule has 4 rings (SSSR count). The van der Waals surface area contributed by atoms with Gasteiger partial charge in [0.2, 0.25) is 10.0 Å². The van der Waals surface area contributed by atoms with Crippen LogP contribution < -0.4 is 4.80 Å². The zero-order valence-corrected chi connectivity index (χ0v) is 22.5. The van der Waals surface area contributed by atoms with E-state index >= 15 is 0 Å². The Morgan fingerprint density at radius 3 is 2.64 bits per heavy atom. The van der Waals surface area contributed by atoms with Gasteiger partial charge in [0.05, 0.1) is 28.3 Å². The predicted molar refractivity (Wildman–Crippen MR) is 137 cm³/mol. The van der Waals surface area contributed by atoms with Crippen LogP contribution in [-0.2, 0) is 30.8 Å². The zero-order valence-electron chi connectivity index (χ0n) is 20.1. The highest BCUT2D eigenvalue weighted by Crippen LogP contribution is 2.26. The molecule has 1 unspecified atom stereocenters. The van der Waals surface area contributed by atoms with Crippen LogP contribution in [0, 0.1) is 6.92 Å². The predicted octanol–water partition coefficient (Wildman–Crippen LogP) is 3.38. The lowest BCUT2D eigenvalue weighted by atomic mass is 10.2. The van der Waals surface area contributed by atoms with Crippen molar-refractivity contribution in [2.24, 2.45) is 4.99 Å². The van der Waals surface area contributed by atoms with E-state index in [-0.39, 0.29) is 29.7 Å². The summed E-state index contributed by atoms with van der Waals surface area (Å²) < 4.78 is 39.9. The number of aryl methyl sites for hydroxylation is 1. The molecule has 1 aliphatic rings. The quantitative estimate of drug-likeness (QED) is 0.417. The van der Waals surface area contributed by atoms with Crippen molar-refractivity contribution in [3.05, 3.63) is 57.3 Å². The second kappa shape index (κ2) is 10.8. The van der Waals surface area contributed by atoms with Gasteiger partial charge in [-0.2, -0.15) is 9.30 Å². The molecule has 1 amide bonds. The summed E-state index contributed by atoms with van der Waals surface area (Å²) in [6.07, 6.45) is 1.64. The molecule has 0 spiro atoms. The lowest BCUT2D eigenvalue weighted by Crippen LogP contribution is -2.34. The van der Waals surface area contributed by atoms with Crippen LogP contribution in [0.3, 0.4) is 0 Å². The molecule has 1 fully saturated rings. The molecule has 36 heavy (non-hydrogen) atoms. The van der Waals surface area contributed by atoms with E-state index in [4.69, 9.17) is 21.1 Å². The highest BCUT2D eigenvalue weighted by atomic mass is 35.5. The van der Waals surface area contributed by atoms with Gasteiger partial charge in [-0.3, -0.25) is 9.59 Å². The fourth-order valence-corrected chi connectivity index (χ4v) is 6.76. The normalized spacial score (nSPS) is 16.7. The number of benzene rings is 2. The monoisotopic (exact) mass is 551 g/mol. The number of thiazole rings is 1. The lowest BCUT2D eigenvalue weighted by Gasteiger charge is -2.20. The van der Waals surface area contributed by atoms with Gasteiger partial charge in [-0.05, 0) is 61.7 Å². The number of rotatable bonds is 7. The molecule has 12 heteroatoms. The second-order valence-electron chi connectivity index (χ2n) is 8.48. The maximum Gasteiger partial charge on any atom is 0.325 e. The van der Waals surface area contributed by atoms with Crippen molar-refractivity contribution in [3.8, 4) is 0 Å². The molecule has 192 valence electrons. The maximum atomic E-state index is 13.0. The number of sulfonamides is 1. The van der Waals surface area contributed by atoms with Gasteiger partial charge in [0.15, 0.2) is 4.80 Å². The largest absolute Gasteiger partial charge is 0.468 e. The smallest absolute Gasteiger partial charge is 0.325 e. The summed E-state index contributed by atoms with van der Waals surface area (Å²) in [5.41, 5.74) is 1.78. The van der Waals surface area contributed by atoms with Crippen molar-refractivity contribution >= 4 is 55.1 Å². The minimum atomic E-state index is -3.73. The van der Waals surface area contributed by atoms with Gasteiger partial charge in [0.25, 0.3) is 5.91 Å².